The van der Waals surface area contributed by atoms with Gasteiger partial charge in [-0.25, -0.2) is 4.98 Å². The van der Waals surface area contributed by atoms with Crippen molar-refractivity contribution in [2.75, 3.05) is 13.1 Å². The van der Waals surface area contributed by atoms with Crippen LogP contribution in [0.3, 0.4) is 0 Å². The number of aryl methyl sites for hydroxylation is 1. The molecule has 24 heavy (non-hydrogen) atoms. The van der Waals surface area contributed by atoms with Crippen molar-refractivity contribution >= 4 is 17.2 Å². The molecule has 0 bridgehead atoms. The molecule has 1 N–H and O–H groups in total. The van der Waals surface area contributed by atoms with Gasteiger partial charge in [-0.15, -0.1) is 11.3 Å². The van der Waals surface area contributed by atoms with Crippen LogP contribution in [0.15, 0.2) is 24.0 Å². The molecule has 1 aliphatic heterocycles. The monoisotopic (exact) mass is 344 g/mol. The highest BCUT2D eigenvalue weighted by Crippen LogP contribution is 2.32. The van der Waals surface area contributed by atoms with Crippen LogP contribution in [-0.2, 0) is 17.9 Å². The molecular formula is C18H24N4OS. The Morgan fingerprint density at radius 1 is 1.46 bits per heavy atom. The Labute approximate surface area is 146 Å². The van der Waals surface area contributed by atoms with Gasteiger partial charge in [-0.1, -0.05) is 0 Å². The van der Waals surface area contributed by atoms with Gasteiger partial charge in [0.05, 0.1) is 18.1 Å². The fraction of sp³-hybridized carbons (Fsp3) is 0.556. The molecule has 1 atom stereocenters. The van der Waals surface area contributed by atoms with Gasteiger partial charge in [-0.05, 0) is 42.7 Å². The van der Waals surface area contributed by atoms with Gasteiger partial charge in [0.15, 0.2) is 0 Å². The number of nitrogens with zero attached hydrogens (tertiary/aromatic N) is 3. The summed E-state index contributed by atoms with van der Waals surface area (Å²) in [5.41, 5.74) is 2.60. The van der Waals surface area contributed by atoms with Crippen LogP contribution in [0.1, 0.15) is 41.4 Å². The van der Waals surface area contributed by atoms with E-state index in [0.29, 0.717) is 18.9 Å². The fourth-order valence-electron chi connectivity index (χ4n) is 3.40. The molecule has 2 aliphatic rings. The van der Waals surface area contributed by atoms with Crippen molar-refractivity contribution in [2.24, 2.45) is 5.92 Å². The van der Waals surface area contributed by atoms with Gasteiger partial charge in [0.25, 0.3) is 0 Å². The van der Waals surface area contributed by atoms with Crippen molar-refractivity contribution in [1.82, 2.24) is 19.8 Å². The zero-order valence-corrected chi connectivity index (χ0v) is 14.9. The second-order valence-electron chi connectivity index (χ2n) is 7.09. The number of thiophene rings is 1. The highest BCUT2D eigenvalue weighted by molar-refractivity contribution is 7.10. The van der Waals surface area contributed by atoms with Crippen LogP contribution in [0, 0.1) is 12.8 Å². The summed E-state index contributed by atoms with van der Waals surface area (Å²) < 4.78 is 2.23. The number of amides is 1. The van der Waals surface area contributed by atoms with E-state index < -0.39 is 0 Å². The average molecular weight is 344 g/mol. The van der Waals surface area contributed by atoms with E-state index in [1.165, 1.54) is 29.0 Å². The van der Waals surface area contributed by atoms with E-state index in [0.717, 1.165) is 19.6 Å². The minimum atomic E-state index is 0.199. The molecule has 6 heteroatoms. The molecule has 1 fully saturated rings. The van der Waals surface area contributed by atoms with Crippen LogP contribution >= 0.6 is 11.3 Å². The average Bonchev–Trinajstić information content (AvgIpc) is 3.08. The van der Waals surface area contributed by atoms with E-state index in [-0.39, 0.29) is 11.9 Å². The van der Waals surface area contributed by atoms with Crippen LogP contribution in [0.4, 0.5) is 0 Å². The molecule has 0 aromatic carbocycles. The molecule has 1 unspecified atom stereocenters. The molecule has 1 aliphatic carbocycles. The van der Waals surface area contributed by atoms with Crippen molar-refractivity contribution in [3.63, 3.8) is 0 Å². The highest BCUT2D eigenvalue weighted by atomic mass is 32.1. The Hall–Kier alpha value is -1.66. The van der Waals surface area contributed by atoms with Crippen molar-refractivity contribution < 1.29 is 4.79 Å². The van der Waals surface area contributed by atoms with Gasteiger partial charge in [0, 0.05) is 43.7 Å². The maximum Gasteiger partial charge on any atom is 0.220 e. The van der Waals surface area contributed by atoms with Crippen LogP contribution in [0.25, 0.3) is 0 Å². The van der Waals surface area contributed by atoms with E-state index in [1.807, 2.05) is 23.9 Å². The highest BCUT2D eigenvalue weighted by Gasteiger charge is 2.27. The summed E-state index contributed by atoms with van der Waals surface area (Å²) in [6, 6.07) is 2.45. The van der Waals surface area contributed by atoms with Gasteiger partial charge in [-0.3, -0.25) is 9.69 Å². The molecule has 128 valence electrons. The predicted molar refractivity (Wildman–Crippen MR) is 94.8 cm³/mol. The van der Waals surface area contributed by atoms with Crippen LogP contribution in [0.2, 0.25) is 0 Å². The number of hydrogen-bond donors (Lipinski definition) is 1. The SMILES string of the molecule is Cc1ccsc1CN1Cc2cncn2C(CNC(=O)CC2CC2)C1. The smallest absolute Gasteiger partial charge is 0.220 e. The zero-order valence-electron chi connectivity index (χ0n) is 14.1. The molecule has 2 aromatic heterocycles. The second kappa shape index (κ2) is 6.69. The standard InChI is InChI=1S/C18H24N4OS/c1-13-4-5-24-17(13)11-21-9-15-7-19-12-22(15)16(10-21)8-20-18(23)6-14-2-3-14/h4-5,7,12,14,16H,2-3,6,8-11H2,1H3,(H,20,23). The quantitative estimate of drug-likeness (QED) is 0.877. The molecule has 5 nitrogen and oxygen atoms in total. The lowest BCUT2D eigenvalue weighted by Gasteiger charge is -2.34. The Balaban J connectivity index is 1.40. The maximum atomic E-state index is 12.0. The number of carbonyl (C=O) groups excluding carboxylic acids is 1. The molecule has 0 spiro atoms. The first-order valence-corrected chi connectivity index (χ1v) is 9.59. The third kappa shape index (κ3) is 3.54. The van der Waals surface area contributed by atoms with Gasteiger partial charge in [0.1, 0.15) is 0 Å². The van der Waals surface area contributed by atoms with Gasteiger partial charge in [-0.2, -0.15) is 0 Å². The number of rotatable bonds is 6. The van der Waals surface area contributed by atoms with Crippen LogP contribution in [-0.4, -0.2) is 33.4 Å². The molecule has 1 saturated carbocycles. The van der Waals surface area contributed by atoms with Crippen molar-refractivity contribution in [1.29, 1.82) is 0 Å². The van der Waals surface area contributed by atoms with E-state index in [9.17, 15) is 4.79 Å². The first-order chi connectivity index (χ1) is 11.7. The Kier molecular flexibility index (Phi) is 4.41. The Bertz CT molecular complexity index is 718. The molecule has 0 radical (unpaired) electrons. The summed E-state index contributed by atoms with van der Waals surface area (Å²) in [6.07, 6.45) is 6.99. The first kappa shape index (κ1) is 15.8. The lowest BCUT2D eigenvalue weighted by molar-refractivity contribution is -0.121. The van der Waals surface area contributed by atoms with Gasteiger partial charge < -0.3 is 9.88 Å². The lowest BCUT2D eigenvalue weighted by Crippen LogP contribution is -2.42. The number of fused-ring (bicyclic) bond motifs is 1. The van der Waals surface area contributed by atoms with Crippen molar-refractivity contribution in [2.45, 2.75) is 45.3 Å². The first-order valence-electron chi connectivity index (χ1n) is 8.72. The third-order valence-corrected chi connectivity index (χ3v) is 6.04. The normalized spacial score (nSPS) is 20.8. The topological polar surface area (TPSA) is 50.2 Å². The van der Waals surface area contributed by atoms with E-state index in [2.05, 4.69) is 38.1 Å². The van der Waals surface area contributed by atoms with Crippen LogP contribution < -0.4 is 5.32 Å². The molecule has 1 amide bonds. The van der Waals surface area contributed by atoms with Gasteiger partial charge in [0.2, 0.25) is 5.91 Å². The summed E-state index contributed by atoms with van der Waals surface area (Å²) in [7, 11) is 0. The van der Waals surface area contributed by atoms with Gasteiger partial charge >= 0.3 is 0 Å². The number of nitrogens with one attached hydrogen (secondary N) is 1. The van der Waals surface area contributed by atoms with Crippen molar-refractivity contribution in [3.05, 3.63) is 40.1 Å². The third-order valence-electron chi connectivity index (χ3n) is 5.04. The molecule has 3 heterocycles. The van der Waals surface area contributed by atoms with E-state index >= 15 is 0 Å². The number of carbonyl (C=O) groups is 1. The number of aromatic nitrogens is 2. The molecular weight excluding hydrogens is 320 g/mol. The number of imidazole rings is 1. The number of hydrogen-bond acceptors (Lipinski definition) is 4. The minimum absolute atomic E-state index is 0.199. The van der Waals surface area contributed by atoms with Crippen molar-refractivity contribution in [3.8, 4) is 0 Å². The van der Waals surface area contributed by atoms with Crippen LogP contribution in [0.5, 0.6) is 0 Å². The minimum Gasteiger partial charge on any atom is -0.354 e. The summed E-state index contributed by atoms with van der Waals surface area (Å²) in [6.45, 7) is 5.71. The predicted octanol–water partition coefficient (Wildman–Crippen LogP) is 2.73. The summed E-state index contributed by atoms with van der Waals surface area (Å²) in [5, 5.41) is 5.29. The molecule has 2 aromatic rings. The zero-order chi connectivity index (χ0) is 16.5. The molecule has 4 rings (SSSR count). The maximum absolute atomic E-state index is 12.0. The summed E-state index contributed by atoms with van der Waals surface area (Å²) in [5.74, 6) is 0.837. The fourth-order valence-corrected chi connectivity index (χ4v) is 4.35. The van der Waals surface area contributed by atoms with E-state index in [4.69, 9.17) is 0 Å². The Morgan fingerprint density at radius 3 is 3.08 bits per heavy atom. The Morgan fingerprint density at radius 2 is 2.33 bits per heavy atom. The van der Waals surface area contributed by atoms with E-state index in [1.54, 1.807) is 0 Å². The second-order valence-corrected chi connectivity index (χ2v) is 8.09. The molecule has 0 saturated heterocycles. The lowest BCUT2D eigenvalue weighted by atomic mass is 10.1. The summed E-state index contributed by atoms with van der Waals surface area (Å²) in [4.78, 5) is 20.2. The largest absolute Gasteiger partial charge is 0.354 e. The summed E-state index contributed by atoms with van der Waals surface area (Å²) >= 11 is 1.83.